The first-order valence-electron chi connectivity index (χ1n) is 12.0. The summed E-state index contributed by atoms with van der Waals surface area (Å²) in [5.41, 5.74) is 2.72. The predicted octanol–water partition coefficient (Wildman–Crippen LogP) is 4.38. The summed E-state index contributed by atoms with van der Waals surface area (Å²) in [6.07, 6.45) is 0.670. The molecule has 0 unspecified atom stereocenters. The molecule has 2 N–H and O–H groups in total. The highest BCUT2D eigenvalue weighted by Crippen LogP contribution is 2.33. The van der Waals surface area contributed by atoms with Crippen LogP contribution in [0.1, 0.15) is 23.5 Å². The van der Waals surface area contributed by atoms with Crippen molar-refractivity contribution in [2.45, 2.75) is 18.9 Å². The van der Waals surface area contributed by atoms with E-state index < -0.39 is 0 Å². The summed E-state index contributed by atoms with van der Waals surface area (Å²) in [5, 5.41) is 6.00. The van der Waals surface area contributed by atoms with E-state index in [0.717, 1.165) is 11.1 Å². The highest BCUT2D eigenvalue weighted by atomic mass is 16.7. The normalized spacial score (nSPS) is 18.4. The monoisotopic (exact) mass is 487 g/mol. The zero-order valence-corrected chi connectivity index (χ0v) is 20.1. The Hall–Kier alpha value is -4.20. The second-order valence-electron chi connectivity index (χ2n) is 9.01. The van der Waals surface area contributed by atoms with Crippen LogP contribution in [0.25, 0.3) is 0 Å². The number of ether oxygens (including phenoxy) is 3. The molecule has 0 saturated carbocycles. The number of fused-ring (bicyclic) bond motifs is 1. The molecule has 0 radical (unpaired) electrons. The molecule has 1 saturated heterocycles. The predicted molar refractivity (Wildman–Crippen MR) is 135 cm³/mol. The molecular weight excluding hydrogens is 458 g/mol. The van der Waals surface area contributed by atoms with Gasteiger partial charge in [0.1, 0.15) is 5.75 Å². The summed E-state index contributed by atoms with van der Waals surface area (Å²) in [6, 6.07) is 22.6. The van der Waals surface area contributed by atoms with Crippen LogP contribution in [-0.2, 0) is 11.3 Å². The minimum absolute atomic E-state index is 0.0582. The molecule has 8 heteroatoms. The maximum absolute atomic E-state index is 13.2. The Labute approximate surface area is 210 Å². The topological polar surface area (TPSA) is 89.1 Å². The van der Waals surface area contributed by atoms with E-state index in [0.29, 0.717) is 49.0 Å². The Balaban J connectivity index is 1.27. The summed E-state index contributed by atoms with van der Waals surface area (Å²) in [4.78, 5) is 28.2. The summed E-state index contributed by atoms with van der Waals surface area (Å²) in [5.74, 6) is 1.76. The van der Waals surface area contributed by atoms with Gasteiger partial charge in [-0.3, -0.25) is 4.79 Å². The zero-order valence-electron chi connectivity index (χ0n) is 20.1. The van der Waals surface area contributed by atoms with Gasteiger partial charge in [-0.15, -0.1) is 0 Å². The van der Waals surface area contributed by atoms with Crippen molar-refractivity contribution in [3.05, 3.63) is 83.9 Å². The number of anilines is 1. The first-order valence-corrected chi connectivity index (χ1v) is 12.0. The fourth-order valence-corrected chi connectivity index (χ4v) is 4.68. The molecule has 2 aliphatic heterocycles. The van der Waals surface area contributed by atoms with Gasteiger partial charge in [-0.05, 0) is 53.9 Å². The van der Waals surface area contributed by atoms with Crippen molar-refractivity contribution in [2.24, 2.45) is 5.92 Å². The van der Waals surface area contributed by atoms with Crippen LogP contribution >= 0.6 is 0 Å². The molecule has 36 heavy (non-hydrogen) atoms. The van der Waals surface area contributed by atoms with Crippen molar-refractivity contribution in [3.63, 3.8) is 0 Å². The van der Waals surface area contributed by atoms with Crippen molar-refractivity contribution >= 4 is 17.6 Å². The lowest BCUT2D eigenvalue weighted by Gasteiger charge is -2.37. The van der Waals surface area contributed by atoms with Crippen LogP contribution in [0, 0.1) is 5.92 Å². The standard InChI is InChI=1S/C28H29N3O5/c1-34-24-10-8-23(9-11-24)30-28(33)31-16-21(20-5-3-2-4-6-20)14-22(17-31)27(32)29-15-19-7-12-25-26(13-19)36-18-35-25/h2-13,21-22H,14-18H2,1H3,(H,29,32)(H,30,33)/t21-,22+/m0/s1. The van der Waals surface area contributed by atoms with E-state index in [1.165, 1.54) is 0 Å². The molecule has 0 aromatic heterocycles. The Bertz CT molecular complexity index is 1220. The third kappa shape index (κ3) is 5.38. The van der Waals surface area contributed by atoms with Gasteiger partial charge in [0.2, 0.25) is 12.7 Å². The molecule has 8 nitrogen and oxygen atoms in total. The van der Waals surface area contributed by atoms with E-state index in [1.807, 2.05) is 36.4 Å². The van der Waals surface area contributed by atoms with Gasteiger partial charge in [0.05, 0.1) is 13.0 Å². The number of hydrogen-bond acceptors (Lipinski definition) is 5. The van der Waals surface area contributed by atoms with Gasteiger partial charge in [0.25, 0.3) is 0 Å². The number of amides is 3. The number of carbonyl (C=O) groups excluding carboxylic acids is 2. The average Bonchev–Trinajstić information content (AvgIpc) is 3.40. The minimum atomic E-state index is -0.334. The van der Waals surface area contributed by atoms with Crippen LogP contribution in [0.2, 0.25) is 0 Å². The van der Waals surface area contributed by atoms with Crippen LogP contribution in [0.15, 0.2) is 72.8 Å². The van der Waals surface area contributed by atoms with Crippen LogP contribution in [-0.4, -0.2) is 43.8 Å². The molecule has 5 rings (SSSR count). The smallest absolute Gasteiger partial charge is 0.321 e. The average molecular weight is 488 g/mol. The van der Waals surface area contributed by atoms with Gasteiger partial charge in [0, 0.05) is 31.2 Å². The first-order chi connectivity index (χ1) is 17.6. The number of benzene rings is 3. The molecule has 0 bridgehead atoms. The second kappa shape index (κ2) is 10.6. The van der Waals surface area contributed by atoms with Crippen LogP contribution in [0.3, 0.4) is 0 Å². The number of hydrogen-bond donors (Lipinski definition) is 2. The molecule has 2 atom stereocenters. The van der Waals surface area contributed by atoms with Crippen LogP contribution in [0.5, 0.6) is 17.2 Å². The number of methoxy groups -OCH3 is 1. The molecule has 2 heterocycles. The van der Waals surface area contributed by atoms with E-state index in [2.05, 4.69) is 22.8 Å². The highest BCUT2D eigenvalue weighted by Gasteiger charge is 2.34. The van der Waals surface area contributed by atoms with Crippen molar-refractivity contribution in [1.29, 1.82) is 0 Å². The maximum atomic E-state index is 13.2. The lowest BCUT2D eigenvalue weighted by molar-refractivity contribution is -0.126. The second-order valence-corrected chi connectivity index (χ2v) is 9.01. The van der Waals surface area contributed by atoms with E-state index in [-0.39, 0.29) is 30.6 Å². The van der Waals surface area contributed by atoms with Gasteiger partial charge in [-0.25, -0.2) is 4.79 Å². The van der Waals surface area contributed by atoms with E-state index in [1.54, 1.807) is 36.3 Å². The maximum Gasteiger partial charge on any atom is 0.321 e. The number of nitrogens with one attached hydrogen (secondary N) is 2. The summed E-state index contributed by atoms with van der Waals surface area (Å²) in [6.45, 7) is 1.47. The molecule has 0 aliphatic carbocycles. The Morgan fingerprint density at radius 2 is 1.75 bits per heavy atom. The van der Waals surface area contributed by atoms with Gasteiger partial charge < -0.3 is 29.7 Å². The molecule has 186 valence electrons. The number of rotatable bonds is 6. The van der Waals surface area contributed by atoms with Crippen molar-refractivity contribution in [3.8, 4) is 17.2 Å². The van der Waals surface area contributed by atoms with Crippen LogP contribution in [0.4, 0.5) is 10.5 Å². The lowest BCUT2D eigenvalue weighted by Crippen LogP contribution is -2.49. The fourth-order valence-electron chi connectivity index (χ4n) is 4.68. The Morgan fingerprint density at radius 1 is 0.972 bits per heavy atom. The molecule has 1 fully saturated rings. The number of urea groups is 1. The van der Waals surface area contributed by atoms with Crippen LogP contribution < -0.4 is 24.8 Å². The van der Waals surface area contributed by atoms with Crippen molar-refractivity contribution in [1.82, 2.24) is 10.2 Å². The largest absolute Gasteiger partial charge is 0.497 e. The summed E-state index contributed by atoms with van der Waals surface area (Å²) >= 11 is 0. The third-order valence-electron chi connectivity index (χ3n) is 6.62. The number of piperidine rings is 1. The highest BCUT2D eigenvalue weighted by molar-refractivity contribution is 5.90. The summed E-state index contributed by atoms with van der Waals surface area (Å²) < 4.78 is 16.0. The Kier molecular flexibility index (Phi) is 6.93. The zero-order chi connectivity index (χ0) is 24.9. The Morgan fingerprint density at radius 3 is 2.53 bits per heavy atom. The lowest BCUT2D eigenvalue weighted by atomic mass is 9.84. The number of carbonyl (C=O) groups is 2. The number of nitrogens with zero attached hydrogens (tertiary/aromatic N) is 1. The minimum Gasteiger partial charge on any atom is -0.497 e. The molecule has 0 spiro atoms. The number of likely N-dealkylation sites (tertiary alicyclic amines) is 1. The fraction of sp³-hybridized carbons (Fsp3) is 0.286. The summed E-state index contributed by atoms with van der Waals surface area (Å²) in [7, 11) is 1.60. The molecule has 3 aromatic rings. The molecule has 2 aliphatic rings. The molecule has 3 amide bonds. The third-order valence-corrected chi connectivity index (χ3v) is 6.62. The van der Waals surface area contributed by atoms with Gasteiger partial charge in [-0.2, -0.15) is 0 Å². The van der Waals surface area contributed by atoms with Gasteiger partial charge in [-0.1, -0.05) is 36.4 Å². The van der Waals surface area contributed by atoms with E-state index >= 15 is 0 Å². The quantitative estimate of drug-likeness (QED) is 0.539. The van der Waals surface area contributed by atoms with Gasteiger partial charge in [0.15, 0.2) is 11.5 Å². The van der Waals surface area contributed by atoms with E-state index in [9.17, 15) is 9.59 Å². The first kappa shape index (κ1) is 23.5. The van der Waals surface area contributed by atoms with Gasteiger partial charge >= 0.3 is 6.03 Å². The van der Waals surface area contributed by atoms with Crippen molar-refractivity contribution < 1.29 is 23.8 Å². The van der Waals surface area contributed by atoms with E-state index in [4.69, 9.17) is 14.2 Å². The molecular formula is C28H29N3O5. The SMILES string of the molecule is COc1ccc(NC(=O)N2C[C@H](C(=O)NCc3ccc4c(c3)OCO4)C[C@H](c3ccccc3)C2)cc1. The molecule has 3 aromatic carbocycles. The van der Waals surface area contributed by atoms with Crippen molar-refractivity contribution in [2.75, 3.05) is 32.3 Å².